The molecule has 3 atom stereocenters. The number of benzene rings is 3. The maximum atomic E-state index is 13.9. The Morgan fingerprint density at radius 1 is 0.976 bits per heavy atom. The molecule has 1 aromatic heterocycles. The number of nitrogens with one attached hydrogen (secondary N) is 2. The van der Waals surface area contributed by atoms with Crippen molar-refractivity contribution in [1.29, 1.82) is 0 Å². The molecule has 2 aliphatic rings. The topological polar surface area (TPSA) is 118 Å². The number of methoxy groups -OCH3 is 1. The molecular weight excluding hydrogens is 562 g/mol. The third-order valence-corrected chi connectivity index (χ3v) is 9.44. The van der Waals surface area contributed by atoms with E-state index in [-0.39, 0.29) is 29.2 Å². The van der Waals surface area contributed by atoms with Crippen molar-refractivity contribution in [3.8, 4) is 11.5 Å². The van der Waals surface area contributed by atoms with Crippen LogP contribution in [0.1, 0.15) is 21.9 Å². The van der Waals surface area contributed by atoms with Gasteiger partial charge in [0, 0.05) is 16.5 Å². The smallest absolute Gasteiger partial charge is 0.305 e. The number of hydrogen-bond acceptors (Lipinski definition) is 8. The number of thiazole rings is 1. The van der Waals surface area contributed by atoms with Crippen LogP contribution in [0.2, 0.25) is 0 Å². The van der Waals surface area contributed by atoms with E-state index in [0.29, 0.717) is 38.3 Å². The number of fused-ring (bicyclic) bond motifs is 2. The predicted molar refractivity (Wildman–Crippen MR) is 157 cm³/mol. The van der Waals surface area contributed by atoms with Crippen LogP contribution < -0.4 is 24.6 Å². The van der Waals surface area contributed by atoms with E-state index in [2.05, 4.69) is 10.3 Å². The highest BCUT2D eigenvalue weighted by molar-refractivity contribution is 8.00. The van der Waals surface area contributed by atoms with Gasteiger partial charge >= 0.3 is 4.87 Å². The van der Waals surface area contributed by atoms with E-state index in [4.69, 9.17) is 9.47 Å². The van der Waals surface area contributed by atoms with E-state index >= 15 is 0 Å². The third-order valence-electron chi connectivity index (χ3n) is 7.04. The maximum absolute atomic E-state index is 13.9. The van der Waals surface area contributed by atoms with Gasteiger partial charge in [0.1, 0.15) is 16.7 Å². The summed E-state index contributed by atoms with van der Waals surface area (Å²) in [5.41, 5.74) is 2.88. The largest absolute Gasteiger partial charge is 0.497 e. The molecule has 2 aliphatic heterocycles. The first kappa shape index (κ1) is 26.9. The summed E-state index contributed by atoms with van der Waals surface area (Å²) >= 11 is 2.26. The molecule has 9 nitrogen and oxygen atoms in total. The van der Waals surface area contributed by atoms with Crippen LogP contribution in [0.3, 0.4) is 0 Å². The number of rotatable bonds is 7. The molecule has 3 heterocycles. The van der Waals surface area contributed by atoms with Crippen molar-refractivity contribution < 1.29 is 23.9 Å². The van der Waals surface area contributed by atoms with E-state index in [1.165, 1.54) is 16.7 Å². The fourth-order valence-corrected chi connectivity index (χ4v) is 7.74. The Hall–Kier alpha value is -4.35. The summed E-state index contributed by atoms with van der Waals surface area (Å²) in [7, 11) is 1.55. The number of aromatic nitrogens is 1. The number of thioether (sulfide) groups is 1. The minimum atomic E-state index is -0.728. The fourth-order valence-electron chi connectivity index (χ4n) is 5.23. The number of carbonyl (C=O) groups is 3. The summed E-state index contributed by atoms with van der Waals surface area (Å²) in [6, 6.07) is 21.3. The summed E-state index contributed by atoms with van der Waals surface area (Å²) < 4.78 is 11.0. The van der Waals surface area contributed by atoms with Crippen LogP contribution in [0.5, 0.6) is 11.5 Å². The molecular formula is C30H25N3O6S2. The lowest BCUT2D eigenvalue weighted by molar-refractivity contribution is -0.122. The lowest BCUT2D eigenvalue weighted by Crippen LogP contribution is -2.32. The number of H-pyrrole nitrogens is 1. The first-order chi connectivity index (χ1) is 19.8. The van der Waals surface area contributed by atoms with E-state index in [0.717, 1.165) is 16.9 Å². The fraction of sp³-hybridized carbons (Fsp3) is 0.200. The molecule has 3 amide bonds. The van der Waals surface area contributed by atoms with E-state index in [1.807, 2.05) is 31.2 Å². The molecule has 3 unspecified atom stereocenters. The second-order valence-electron chi connectivity index (χ2n) is 9.74. The molecule has 0 radical (unpaired) electrons. The summed E-state index contributed by atoms with van der Waals surface area (Å²) in [6.07, 6.45) is 0. The summed E-state index contributed by atoms with van der Waals surface area (Å²) in [4.78, 5) is 56.9. The zero-order valence-electron chi connectivity index (χ0n) is 22.1. The molecule has 6 rings (SSSR count). The van der Waals surface area contributed by atoms with Crippen molar-refractivity contribution in [2.75, 3.05) is 23.9 Å². The highest BCUT2D eigenvalue weighted by Gasteiger charge is 2.56. The van der Waals surface area contributed by atoms with Crippen LogP contribution in [0.15, 0.2) is 82.6 Å². The molecule has 0 bridgehead atoms. The third kappa shape index (κ3) is 5.14. The van der Waals surface area contributed by atoms with Gasteiger partial charge in [0.25, 0.3) is 5.91 Å². The number of aromatic amines is 1. The molecule has 11 heteroatoms. The minimum absolute atomic E-state index is 0.213. The van der Waals surface area contributed by atoms with Gasteiger partial charge in [0.05, 0.1) is 23.7 Å². The van der Waals surface area contributed by atoms with Gasteiger partial charge in [-0.2, -0.15) is 0 Å². The van der Waals surface area contributed by atoms with Crippen LogP contribution in [-0.2, 0) is 14.4 Å². The molecule has 0 aliphatic carbocycles. The Labute approximate surface area is 243 Å². The van der Waals surface area contributed by atoms with Gasteiger partial charge in [0.15, 0.2) is 6.61 Å². The second-order valence-corrected chi connectivity index (χ2v) is 11.9. The number of nitrogens with zero attached hydrogens (tertiary/aromatic N) is 1. The average Bonchev–Trinajstić information content (AvgIpc) is 3.46. The first-order valence-corrected chi connectivity index (χ1v) is 14.5. The first-order valence-electron chi connectivity index (χ1n) is 12.8. The molecule has 41 heavy (non-hydrogen) atoms. The Kier molecular flexibility index (Phi) is 7.14. The van der Waals surface area contributed by atoms with Gasteiger partial charge in [0.2, 0.25) is 11.8 Å². The molecule has 208 valence electrons. The zero-order chi connectivity index (χ0) is 28.7. The lowest BCUT2D eigenvalue weighted by Gasteiger charge is -2.30. The summed E-state index contributed by atoms with van der Waals surface area (Å²) in [5.74, 6) is -1.21. The van der Waals surface area contributed by atoms with Crippen molar-refractivity contribution >= 4 is 52.2 Å². The van der Waals surface area contributed by atoms with Crippen molar-refractivity contribution in [2.45, 2.75) is 23.1 Å². The summed E-state index contributed by atoms with van der Waals surface area (Å²) in [6.45, 7) is 1.73. The Morgan fingerprint density at radius 3 is 2.51 bits per heavy atom. The molecule has 1 fully saturated rings. The molecule has 0 spiro atoms. The van der Waals surface area contributed by atoms with Crippen LogP contribution in [-0.4, -0.2) is 41.7 Å². The summed E-state index contributed by atoms with van der Waals surface area (Å²) in [5, 5.41) is 2.70. The number of hydrogen-bond donors (Lipinski definition) is 2. The van der Waals surface area contributed by atoms with E-state index in [1.54, 1.807) is 55.6 Å². The van der Waals surface area contributed by atoms with Crippen LogP contribution in [0, 0.1) is 12.8 Å². The highest BCUT2D eigenvalue weighted by atomic mass is 32.2. The number of amides is 3. The van der Waals surface area contributed by atoms with Gasteiger partial charge in [-0.25, -0.2) is 4.90 Å². The van der Waals surface area contributed by atoms with Crippen molar-refractivity contribution in [3.63, 3.8) is 0 Å². The number of anilines is 2. The molecule has 1 saturated heterocycles. The zero-order valence-corrected chi connectivity index (χ0v) is 23.7. The number of ether oxygens (including phenoxy) is 2. The SMILES string of the molecule is COc1ccc(N2C(=O)C3Sc4[nH]c(=O)sc4C(c4cccc(OCC(=O)Nc5cccc(C)c5)c4)C3C2=O)cc1. The molecule has 0 saturated carbocycles. The van der Waals surface area contributed by atoms with E-state index in [9.17, 15) is 19.2 Å². The van der Waals surface area contributed by atoms with Gasteiger partial charge in [-0.15, -0.1) is 0 Å². The average molecular weight is 588 g/mol. The number of imide groups is 1. The number of aryl methyl sites for hydroxylation is 1. The van der Waals surface area contributed by atoms with Gasteiger partial charge in [-0.05, 0) is 66.6 Å². The monoisotopic (exact) mass is 587 g/mol. The minimum Gasteiger partial charge on any atom is -0.497 e. The van der Waals surface area contributed by atoms with Gasteiger partial charge in [-0.3, -0.25) is 19.2 Å². The normalized spacial score (nSPS) is 19.5. The Morgan fingerprint density at radius 2 is 1.76 bits per heavy atom. The van der Waals surface area contributed by atoms with Crippen LogP contribution in [0.25, 0.3) is 0 Å². The molecule has 2 N–H and O–H groups in total. The van der Waals surface area contributed by atoms with E-state index < -0.39 is 17.1 Å². The van der Waals surface area contributed by atoms with Crippen molar-refractivity contribution in [1.82, 2.24) is 4.98 Å². The standard InChI is InChI=1S/C30H25N3O6S2/c1-16-5-3-7-18(13-16)31-22(34)15-39-21-8-4-6-17(14-21)23-24-26(40-27-25(23)41-30(37)32-27)29(36)33(28(24)35)19-9-11-20(38-2)12-10-19/h3-14,23-24,26H,15H2,1-2H3,(H,31,34)(H,32,37). The quantitative estimate of drug-likeness (QED) is 0.304. The van der Waals surface area contributed by atoms with Crippen molar-refractivity contribution in [2.24, 2.45) is 5.92 Å². The second kappa shape index (κ2) is 10.9. The lowest BCUT2D eigenvalue weighted by atomic mass is 9.83. The maximum Gasteiger partial charge on any atom is 0.305 e. The van der Waals surface area contributed by atoms with Gasteiger partial charge in [-0.1, -0.05) is 47.4 Å². The van der Waals surface area contributed by atoms with Crippen LogP contribution in [0.4, 0.5) is 11.4 Å². The number of carbonyl (C=O) groups excluding carboxylic acids is 3. The van der Waals surface area contributed by atoms with Gasteiger partial charge < -0.3 is 19.8 Å². The molecule has 4 aromatic rings. The Bertz CT molecular complexity index is 1710. The predicted octanol–water partition coefficient (Wildman–Crippen LogP) is 4.57. The molecule has 3 aromatic carbocycles. The highest BCUT2D eigenvalue weighted by Crippen LogP contribution is 2.53. The van der Waals surface area contributed by atoms with Crippen molar-refractivity contribution in [3.05, 3.63) is 98.5 Å². The van der Waals surface area contributed by atoms with Crippen LogP contribution >= 0.6 is 23.1 Å². The Balaban J connectivity index is 1.28.